The molecule has 4 nitrogen and oxygen atoms in total. The Morgan fingerprint density at radius 3 is 3.06 bits per heavy atom. The van der Waals surface area contributed by atoms with Crippen LogP contribution in [0.15, 0.2) is 18.2 Å². The molecule has 2 amide bonds. The van der Waals surface area contributed by atoms with E-state index in [2.05, 4.69) is 22.8 Å². The Labute approximate surface area is 108 Å². The zero-order chi connectivity index (χ0) is 13.0. The minimum absolute atomic E-state index is 0.102. The number of hydrogen-bond acceptors (Lipinski definition) is 2. The molecule has 18 heavy (non-hydrogen) atoms. The highest BCUT2D eigenvalue weighted by atomic mass is 16.5. The number of benzene rings is 1. The Morgan fingerprint density at radius 2 is 2.28 bits per heavy atom. The standard InChI is InChI=1S/C14H20N2O2/c1-10(2)16-14(17)15-7-5-11-3-4-13-12(9-11)6-8-18-13/h3-4,9-10H,5-8H2,1-2H3,(H2,15,16,17). The van der Waals surface area contributed by atoms with Crippen molar-refractivity contribution in [3.05, 3.63) is 29.3 Å². The number of amides is 2. The monoisotopic (exact) mass is 248 g/mol. The number of rotatable bonds is 4. The summed E-state index contributed by atoms with van der Waals surface area (Å²) in [6, 6.07) is 6.32. The second-order valence-electron chi connectivity index (χ2n) is 4.85. The van der Waals surface area contributed by atoms with E-state index < -0.39 is 0 Å². The van der Waals surface area contributed by atoms with Crippen molar-refractivity contribution in [1.29, 1.82) is 0 Å². The van der Waals surface area contributed by atoms with Gasteiger partial charge in [0.25, 0.3) is 0 Å². The van der Waals surface area contributed by atoms with Crippen molar-refractivity contribution in [1.82, 2.24) is 10.6 Å². The normalized spacial score (nSPS) is 13.1. The first-order valence-corrected chi connectivity index (χ1v) is 6.44. The van der Waals surface area contributed by atoms with Gasteiger partial charge in [0.2, 0.25) is 0 Å². The summed E-state index contributed by atoms with van der Waals surface area (Å²) in [7, 11) is 0. The van der Waals surface area contributed by atoms with Gasteiger partial charge in [-0.25, -0.2) is 4.79 Å². The van der Waals surface area contributed by atoms with Crippen LogP contribution >= 0.6 is 0 Å². The van der Waals surface area contributed by atoms with Gasteiger partial charge in [-0.05, 0) is 37.5 Å². The van der Waals surface area contributed by atoms with Crippen molar-refractivity contribution in [3.8, 4) is 5.75 Å². The van der Waals surface area contributed by atoms with E-state index in [-0.39, 0.29) is 12.1 Å². The molecule has 0 spiro atoms. The molecule has 0 aromatic heterocycles. The lowest BCUT2D eigenvalue weighted by atomic mass is 10.1. The zero-order valence-electron chi connectivity index (χ0n) is 11.0. The molecule has 2 rings (SSSR count). The van der Waals surface area contributed by atoms with Crippen LogP contribution in [-0.2, 0) is 12.8 Å². The number of carbonyl (C=O) groups excluding carboxylic acids is 1. The molecular formula is C14H20N2O2. The van der Waals surface area contributed by atoms with E-state index in [0.717, 1.165) is 25.2 Å². The summed E-state index contributed by atoms with van der Waals surface area (Å²) in [4.78, 5) is 11.4. The highest BCUT2D eigenvalue weighted by Gasteiger charge is 2.11. The molecule has 0 bridgehead atoms. The average Bonchev–Trinajstić information content (AvgIpc) is 2.75. The molecule has 1 aromatic rings. The topological polar surface area (TPSA) is 50.4 Å². The predicted octanol–water partition coefficient (Wildman–Crippen LogP) is 1.87. The summed E-state index contributed by atoms with van der Waals surface area (Å²) in [6.45, 7) is 5.33. The largest absolute Gasteiger partial charge is 0.493 e. The number of ether oxygens (including phenoxy) is 1. The molecule has 0 radical (unpaired) electrons. The summed E-state index contributed by atoms with van der Waals surface area (Å²) in [5.74, 6) is 1.00. The molecule has 1 heterocycles. The highest BCUT2D eigenvalue weighted by Crippen LogP contribution is 2.25. The van der Waals surface area contributed by atoms with Crippen LogP contribution in [0.2, 0.25) is 0 Å². The van der Waals surface area contributed by atoms with Crippen molar-refractivity contribution in [2.24, 2.45) is 0 Å². The molecule has 0 unspecified atom stereocenters. The Hall–Kier alpha value is -1.71. The molecule has 98 valence electrons. The third-order valence-corrected chi connectivity index (χ3v) is 2.87. The number of urea groups is 1. The third-order valence-electron chi connectivity index (χ3n) is 2.87. The Kier molecular flexibility index (Phi) is 4.07. The lowest BCUT2D eigenvalue weighted by Gasteiger charge is -2.10. The van der Waals surface area contributed by atoms with Crippen LogP contribution in [-0.4, -0.2) is 25.2 Å². The lowest BCUT2D eigenvalue weighted by molar-refractivity contribution is 0.238. The minimum atomic E-state index is -0.102. The van der Waals surface area contributed by atoms with E-state index in [0.29, 0.717) is 6.54 Å². The molecule has 1 aromatic carbocycles. The van der Waals surface area contributed by atoms with Gasteiger partial charge in [-0.1, -0.05) is 12.1 Å². The summed E-state index contributed by atoms with van der Waals surface area (Å²) in [6.07, 6.45) is 1.84. The van der Waals surface area contributed by atoms with Gasteiger partial charge in [0, 0.05) is 19.0 Å². The van der Waals surface area contributed by atoms with Crippen LogP contribution in [0.4, 0.5) is 4.79 Å². The van der Waals surface area contributed by atoms with E-state index >= 15 is 0 Å². The third kappa shape index (κ3) is 3.39. The van der Waals surface area contributed by atoms with E-state index in [1.54, 1.807) is 0 Å². The summed E-state index contributed by atoms with van der Waals surface area (Å²) in [5, 5.41) is 5.65. The van der Waals surface area contributed by atoms with Gasteiger partial charge in [-0.15, -0.1) is 0 Å². The van der Waals surface area contributed by atoms with Crippen molar-refractivity contribution < 1.29 is 9.53 Å². The first-order chi connectivity index (χ1) is 8.65. The first-order valence-electron chi connectivity index (χ1n) is 6.44. The van der Waals surface area contributed by atoms with Gasteiger partial charge in [-0.3, -0.25) is 0 Å². The number of nitrogens with one attached hydrogen (secondary N) is 2. The number of fused-ring (bicyclic) bond motifs is 1. The lowest BCUT2D eigenvalue weighted by Crippen LogP contribution is -2.40. The highest BCUT2D eigenvalue weighted by molar-refractivity contribution is 5.74. The smallest absolute Gasteiger partial charge is 0.314 e. The number of hydrogen-bond donors (Lipinski definition) is 2. The van der Waals surface area contributed by atoms with E-state index in [9.17, 15) is 4.79 Å². The van der Waals surface area contributed by atoms with E-state index in [4.69, 9.17) is 4.74 Å². The van der Waals surface area contributed by atoms with Gasteiger partial charge in [0.15, 0.2) is 0 Å². The summed E-state index contributed by atoms with van der Waals surface area (Å²) < 4.78 is 5.46. The van der Waals surface area contributed by atoms with Crippen molar-refractivity contribution in [2.75, 3.05) is 13.2 Å². The minimum Gasteiger partial charge on any atom is -0.493 e. The van der Waals surface area contributed by atoms with E-state index in [1.165, 1.54) is 11.1 Å². The Bertz CT molecular complexity index is 430. The molecule has 2 N–H and O–H groups in total. The Morgan fingerprint density at radius 1 is 1.44 bits per heavy atom. The van der Waals surface area contributed by atoms with Gasteiger partial charge < -0.3 is 15.4 Å². The van der Waals surface area contributed by atoms with Crippen LogP contribution < -0.4 is 15.4 Å². The van der Waals surface area contributed by atoms with E-state index in [1.807, 2.05) is 19.9 Å². The number of carbonyl (C=O) groups is 1. The second kappa shape index (κ2) is 5.76. The maximum Gasteiger partial charge on any atom is 0.314 e. The fourth-order valence-corrected chi connectivity index (χ4v) is 2.03. The summed E-state index contributed by atoms with van der Waals surface area (Å²) >= 11 is 0. The SMILES string of the molecule is CC(C)NC(=O)NCCc1ccc2c(c1)CCO2. The van der Waals surface area contributed by atoms with Crippen molar-refractivity contribution in [2.45, 2.75) is 32.7 Å². The van der Waals surface area contributed by atoms with Gasteiger partial charge >= 0.3 is 6.03 Å². The van der Waals surface area contributed by atoms with Crippen molar-refractivity contribution >= 4 is 6.03 Å². The van der Waals surface area contributed by atoms with Gasteiger partial charge in [0.05, 0.1) is 6.61 Å². The van der Waals surface area contributed by atoms with Crippen molar-refractivity contribution in [3.63, 3.8) is 0 Å². The maximum atomic E-state index is 11.4. The second-order valence-corrected chi connectivity index (χ2v) is 4.85. The molecule has 1 aliphatic rings. The maximum absolute atomic E-state index is 11.4. The Balaban J connectivity index is 1.78. The quantitative estimate of drug-likeness (QED) is 0.854. The fourth-order valence-electron chi connectivity index (χ4n) is 2.03. The fraction of sp³-hybridized carbons (Fsp3) is 0.500. The predicted molar refractivity (Wildman–Crippen MR) is 71.0 cm³/mol. The molecule has 0 aliphatic carbocycles. The van der Waals surface area contributed by atoms with Crippen LogP contribution in [0.1, 0.15) is 25.0 Å². The molecule has 4 heteroatoms. The van der Waals surface area contributed by atoms with Gasteiger partial charge in [0.1, 0.15) is 5.75 Å². The molecule has 0 saturated carbocycles. The molecule has 0 atom stereocenters. The molecule has 0 saturated heterocycles. The summed E-state index contributed by atoms with van der Waals surface area (Å²) in [5.41, 5.74) is 2.52. The van der Waals surface area contributed by atoms with Crippen LogP contribution in [0.25, 0.3) is 0 Å². The van der Waals surface area contributed by atoms with Gasteiger partial charge in [-0.2, -0.15) is 0 Å². The van der Waals surface area contributed by atoms with Crippen LogP contribution in [0.5, 0.6) is 5.75 Å². The molecular weight excluding hydrogens is 228 g/mol. The van der Waals surface area contributed by atoms with Crippen LogP contribution in [0, 0.1) is 0 Å². The molecule has 1 aliphatic heterocycles. The molecule has 0 fully saturated rings. The van der Waals surface area contributed by atoms with Crippen LogP contribution in [0.3, 0.4) is 0 Å². The zero-order valence-corrected chi connectivity index (χ0v) is 11.0. The first kappa shape index (κ1) is 12.7. The average molecular weight is 248 g/mol.